The van der Waals surface area contributed by atoms with Gasteiger partial charge >= 0.3 is 0 Å². The third-order valence-corrected chi connectivity index (χ3v) is 4.02. The van der Waals surface area contributed by atoms with Crippen molar-refractivity contribution in [2.24, 2.45) is 17.8 Å². The van der Waals surface area contributed by atoms with Gasteiger partial charge in [-0.05, 0) is 50.9 Å². The Bertz CT molecular complexity index is 162. The van der Waals surface area contributed by atoms with Crippen LogP contribution < -0.4 is 10.6 Å². The van der Waals surface area contributed by atoms with E-state index in [1.54, 1.807) is 0 Å². The molecule has 16 heavy (non-hydrogen) atoms. The summed E-state index contributed by atoms with van der Waals surface area (Å²) in [5.74, 6) is 2.56. The minimum Gasteiger partial charge on any atom is -0.319 e. The summed E-state index contributed by atoms with van der Waals surface area (Å²) in [7, 11) is 2.05. The van der Waals surface area contributed by atoms with Gasteiger partial charge in [-0.3, -0.25) is 0 Å². The maximum atomic E-state index is 3.64. The normalized spacial score (nSPS) is 19.5. The molecule has 0 radical (unpaired) electrons. The fourth-order valence-corrected chi connectivity index (χ4v) is 2.70. The van der Waals surface area contributed by atoms with Crippen molar-refractivity contribution >= 4 is 0 Å². The summed E-state index contributed by atoms with van der Waals surface area (Å²) in [5.41, 5.74) is 0. The summed E-state index contributed by atoms with van der Waals surface area (Å²) in [6.07, 6.45) is 7.29. The molecule has 1 saturated carbocycles. The minimum atomic E-state index is 0.770. The van der Waals surface area contributed by atoms with Crippen molar-refractivity contribution in [3.8, 4) is 0 Å². The number of rotatable bonds is 8. The summed E-state index contributed by atoms with van der Waals surface area (Å²) in [6, 6.07) is 0. The Hall–Kier alpha value is -0.0800. The van der Waals surface area contributed by atoms with Gasteiger partial charge in [0, 0.05) is 0 Å². The van der Waals surface area contributed by atoms with E-state index >= 15 is 0 Å². The van der Waals surface area contributed by atoms with Crippen molar-refractivity contribution in [3.63, 3.8) is 0 Å². The number of hydrogen-bond donors (Lipinski definition) is 2. The third kappa shape index (κ3) is 5.31. The quantitative estimate of drug-likeness (QED) is 0.622. The van der Waals surface area contributed by atoms with Crippen LogP contribution in [-0.2, 0) is 0 Å². The smallest absolute Gasteiger partial charge is 0.000593 e. The molecule has 2 N–H and O–H groups in total. The van der Waals surface area contributed by atoms with E-state index in [-0.39, 0.29) is 0 Å². The van der Waals surface area contributed by atoms with Crippen molar-refractivity contribution in [1.29, 1.82) is 0 Å². The molecule has 0 heterocycles. The molecule has 0 aliphatic heterocycles. The van der Waals surface area contributed by atoms with Gasteiger partial charge in [-0.2, -0.15) is 0 Å². The van der Waals surface area contributed by atoms with Crippen LogP contribution in [0.4, 0.5) is 0 Å². The Balaban J connectivity index is 2.03. The van der Waals surface area contributed by atoms with Crippen LogP contribution in [0, 0.1) is 17.8 Å². The third-order valence-electron chi connectivity index (χ3n) is 4.02. The van der Waals surface area contributed by atoms with Crippen LogP contribution in [0.2, 0.25) is 0 Å². The van der Waals surface area contributed by atoms with Crippen molar-refractivity contribution in [1.82, 2.24) is 10.6 Å². The zero-order valence-electron chi connectivity index (χ0n) is 11.4. The molecule has 1 unspecified atom stereocenters. The molecule has 1 fully saturated rings. The molecule has 1 rings (SSSR count). The summed E-state index contributed by atoms with van der Waals surface area (Å²) in [6.45, 7) is 8.16. The number of nitrogens with one attached hydrogen (secondary N) is 2. The first-order valence-electron chi connectivity index (χ1n) is 7.09. The van der Waals surface area contributed by atoms with Gasteiger partial charge < -0.3 is 10.6 Å². The van der Waals surface area contributed by atoms with Crippen LogP contribution in [-0.4, -0.2) is 26.7 Å². The SMILES string of the molecule is CNCC(CNCCC1CCCC1)C(C)C. The second-order valence-electron chi connectivity index (χ2n) is 5.71. The highest BCUT2D eigenvalue weighted by atomic mass is 14.9. The maximum absolute atomic E-state index is 3.64. The van der Waals surface area contributed by atoms with Gasteiger partial charge in [0.15, 0.2) is 0 Å². The lowest BCUT2D eigenvalue weighted by Crippen LogP contribution is -2.33. The molecule has 0 saturated heterocycles. The van der Waals surface area contributed by atoms with E-state index in [0.29, 0.717) is 0 Å². The summed E-state index contributed by atoms with van der Waals surface area (Å²) < 4.78 is 0. The topological polar surface area (TPSA) is 24.1 Å². The van der Waals surface area contributed by atoms with Crippen LogP contribution in [0.5, 0.6) is 0 Å². The molecule has 1 aliphatic rings. The van der Waals surface area contributed by atoms with Gasteiger partial charge in [-0.1, -0.05) is 39.5 Å². The van der Waals surface area contributed by atoms with E-state index in [1.807, 2.05) is 7.05 Å². The second-order valence-corrected chi connectivity index (χ2v) is 5.71. The molecule has 0 aromatic carbocycles. The molecule has 1 atom stereocenters. The molecule has 2 nitrogen and oxygen atoms in total. The second kappa shape index (κ2) is 8.08. The highest BCUT2D eigenvalue weighted by molar-refractivity contribution is 4.71. The van der Waals surface area contributed by atoms with Crippen LogP contribution in [0.15, 0.2) is 0 Å². The minimum absolute atomic E-state index is 0.770. The molecular weight excluding hydrogens is 196 g/mol. The molecule has 0 aromatic heterocycles. The Morgan fingerprint density at radius 2 is 1.81 bits per heavy atom. The first-order chi connectivity index (χ1) is 7.74. The standard InChI is InChI=1S/C14H30N2/c1-12(2)14(10-15-3)11-16-9-8-13-6-4-5-7-13/h12-16H,4-11H2,1-3H3. The van der Waals surface area contributed by atoms with Gasteiger partial charge in [0.2, 0.25) is 0 Å². The zero-order chi connectivity index (χ0) is 11.8. The number of hydrogen-bond acceptors (Lipinski definition) is 2. The lowest BCUT2D eigenvalue weighted by atomic mass is 9.95. The fourth-order valence-electron chi connectivity index (χ4n) is 2.70. The van der Waals surface area contributed by atoms with E-state index in [0.717, 1.165) is 24.3 Å². The molecule has 0 bridgehead atoms. The van der Waals surface area contributed by atoms with Crippen LogP contribution in [0.25, 0.3) is 0 Å². The lowest BCUT2D eigenvalue weighted by molar-refractivity contribution is 0.346. The van der Waals surface area contributed by atoms with E-state index in [2.05, 4.69) is 24.5 Å². The highest BCUT2D eigenvalue weighted by Crippen LogP contribution is 2.26. The Morgan fingerprint density at radius 3 is 2.38 bits per heavy atom. The van der Waals surface area contributed by atoms with Crippen molar-refractivity contribution in [3.05, 3.63) is 0 Å². The average Bonchev–Trinajstić information content (AvgIpc) is 2.75. The molecule has 96 valence electrons. The van der Waals surface area contributed by atoms with E-state index in [9.17, 15) is 0 Å². The Labute approximate surface area is 102 Å². The lowest BCUT2D eigenvalue weighted by Gasteiger charge is -2.21. The zero-order valence-corrected chi connectivity index (χ0v) is 11.4. The van der Waals surface area contributed by atoms with Gasteiger partial charge in [0.05, 0.1) is 0 Å². The first-order valence-corrected chi connectivity index (χ1v) is 7.09. The average molecular weight is 226 g/mol. The predicted molar refractivity (Wildman–Crippen MR) is 71.7 cm³/mol. The Morgan fingerprint density at radius 1 is 1.12 bits per heavy atom. The molecular formula is C14H30N2. The summed E-state index contributed by atoms with van der Waals surface area (Å²) in [5, 5.41) is 6.93. The van der Waals surface area contributed by atoms with Crippen molar-refractivity contribution in [2.45, 2.75) is 46.0 Å². The van der Waals surface area contributed by atoms with E-state index in [4.69, 9.17) is 0 Å². The molecule has 0 amide bonds. The van der Waals surface area contributed by atoms with Gasteiger partial charge in [-0.15, -0.1) is 0 Å². The first kappa shape index (κ1) is 14.0. The van der Waals surface area contributed by atoms with E-state index < -0.39 is 0 Å². The van der Waals surface area contributed by atoms with Crippen LogP contribution in [0.1, 0.15) is 46.0 Å². The monoisotopic (exact) mass is 226 g/mol. The fraction of sp³-hybridized carbons (Fsp3) is 1.00. The molecule has 2 heteroatoms. The van der Waals surface area contributed by atoms with Crippen molar-refractivity contribution in [2.75, 3.05) is 26.7 Å². The molecule has 0 spiro atoms. The van der Waals surface area contributed by atoms with Crippen molar-refractivity contribution < 1.29 is 0 Å². The predicted octanol–water partition coefficient (Wildman–Crippen LogP) is 2.65. The Kier molecular flexibility index (Phi) is 7.06. The summed E-state index contributed by atoms with van der Waals surface area (Å²) >= 11 is 0. The van der Waals surface area contributed by atoms with Gasteiger partial charge in [0.25, 0.3) is 0 Å². The molecule has 1 aliphatic carbocycles. The van der Waals surface area contributed by atoms with Crippen LogP contribution >= 0.6 is 0 Å². The van der Waals surface area contributed by atoms with E-state index in [1.165, 1.54) is 45.2 Å². The van der Waals surface area contributed by atoms with Gasteiger partial charge in [-0.25, -0.2) is 0 Å². The molecule has 0 aromatic rings. The van der Waals surface area contributed by atoms with Gasteiger partial charge in [0.1, 0.15) is 0 Å². The maximum Gasteiger partial charge on any atom is -0.000593 e. The largest absolute Gasteiger partial charge is 0.319 e. The highest BCUT2D eigenvalue weighted by Gasteiger charge is 2.15. The summed E-state index contributed by atoms with van der Waals surface area (Å²) in [4.78, 5) is 0. The van der Waals surface area contributed by atoms with Crippen LogP contribution in [0.3, 0.4) is 0 Å².